The standard InChI is InChI=1S/C31H37.2C7H5Cl.C5H5.2ClH.Zr/c1-28(2,3)26-16-30(7,8)24-12-18-11-19-13-25-23(15-21(19)20(18)14-22(24)26)27(29(4,5)6)17-31(25,9)10;2*1-6-2-4-7(8)5-3-6;1-2-4-5-3-1;;;/h12-16H,11H2,1-10H3;2*1-5H;1-5H;2*1H;/q-1;;;-1;;;. The van der Waals surface area contributed by atoms with Crippen molar-refractivity contribution in [2.24, 2.45) is 10.8 Å². The van der Waals surface area contributed by atoms with Crippen molar-refractivity contribution in [1.82, 2.24) is 0 Å². The van der Waals surface area contributed by atoms with Crippen LogP contribution < -0.4 is 0 Å². The Balaban J connectivity index is 0.000000236. The third kappa shape index (κ3) is 10.3. The summed E-state index contributed by atoms with van der Waals surface area (Å²) in [5.41, 5.74) is 17.4. The zero-order valence-electron chi connectivity index (χ0n) is 33.8. The number of allylic oxidation sites excluding steroid dienone is 4. The molecule has 0 spiro atoms. The maximum atomic E-state index is 5.84. The summed E-state index contributed by atoms with van der Waals surface area (Å²) in [6, 6.07) is 35.9. The van der Waals surface area contributed by atoms with Crippen LogP contribution in [0.25, 0.3) is 22.3 Å². The fourth-order valence-corrected chi connectivity index (χ4v) is 9.97. The van der Waals surface area contributed by atoms with Crippen LogP contribution >= 0.6 is 48.0 Å². The molecule has 55 heavy (non-hydrogen) atoms. The number of benzene rings is 4. The van der Waals surface area contributed by atoms with Crippen LogP contribution in [-0.4, -0.2) is 7.42 Å². The van der Waals surface area contributed by atoms with Crippen molar-refractivity contribution >= 4 is 66.6 Å². The van der Waals surface area contributed by atoms with Gasteiger partial charge in [0.2, 0.25) is 0 Å². The number of hydrogen-bond donors (Lipinski definition) is 0. The van der Waals surface area contributed by atoms with Gasteiger partial charge in [-0.3, -0.25) is 6.08 Å². The maximum absolute atomic E-state index is 5.84. The van der Waals surface area contributed by atoms with Crippen molar-refractivity contribution in [1.29, 1.82) is 0 Å². The van der Waals surface area contributed by atoms with Crippen LogP contribution in [0.15, 0.2) is 109 Å². The van der Waals surface area contributed by atoms with E-state index >= 15 is 0 Å². The topological polar surface area (TPSA) is 0 Å². The third-order valence-corrected chi connectivity index (χ3v) is 13.3. The quantitative estimate of drug-likeness (QED) is 0.152. The Kier molecular flexibility index (Phi) is 14.4. The predicted octanol–water partition coefficient (Wildman–Crippen LogP) is 14.8. The first-order valence-corrected chi connectivity index (χ1v) is 22.3. The van der Waals surface area contributed by atoms with E-state index in [1.165, 1.54) is 66.8 Å². The normalized spacial score (nSPS) is 15.0. The van der Waals surface area contributed by atoms with Crippen LogP contribution in [-0.2, 0) is 39.5 Å². The fourth-order valence-electron chi connectivity index (χ4n) is 7.62. The zero-order chi connectivity index (χ0) is 38.3. The first-order valence-electron chi connectivity index (χ1n) is 18.7. The summed E-state index contributed by atoms with van der Waals surface area (Å²) in [5, 5.41) is 1.57. The fraction of sp³-hybridized carbons (Fsp3) is 0.300. The summed E-state index contributed by atoms with van der Waals surface area (Å²) in [6.45, 7) is 23.3. The van der Waals surface area contributed by atoms with Gasteiger partial charge in [0.25, 0.3) is 0 Å². The summed E-state index contributed by atoms with van der Waals surface area (Å²) < 4.78 is 4.66. The molecule has 0 saturated carbocycles. The molecule has 0 saturated heterocycles. The minimum Gasteiger partial charge on any atom is -0.214 e. The first kappa shape index (κ1) is 45.2. The molecular formula is C50H54Cl4Zr-2. The van der Waals surface area contributed by atoms with Gasteiger partial charge in [-0.1, -0.05) is 92.9 Å². The number of hydrogen-bond acceptors (Lipinski definition) is 0. The molecule has 0 radical (unpaired) electrons. The molecule has 0 aromatic heterocycles. The van der Waals surface area contributed by atoms with Gasteiger partial charge in [0, 0.05) is 5.41 Å². The van der Waals surface area contributed by atoms with Gasteiger partial charge in [-0.05, 0) is 62.3 Å². The van der Waals surface area contributed by atoms with Crippen molar-refractivity contribution < 1.29 is 22.3 Å². The zero-order valence-corrected chi connectivity index (χ0v) is 39.4. The van der Waals surface area contributed by atoms with Crippen molar-refractivity contribution in [3.05, 3.63) is 170 Å². The molecular weight excluding hydrogens is 834 g/mol. The maximum Gasteiger partial charge on any atom is -0.172 e. The summed E-state index contributed by atoms with van der Waals surface area (Å²) in [5.74, 6) is 0. The van der Waals surface area contributed by atoms with Gasteiger partial charge in [0.1, 0.15) is 0 Å². The van der Waals surface area contributed by atoms with Crippen molar-refractivity contribution in [2.45, 2.75) is 86.5 Å². The van der Waals surface area contributed by atoms with E-state index in [1.54, 1.807) is 0 Å². The number of halogens is 4. The van der Waals surface area contributed by atoms with E-state index < -0.39 is 22.3 Å². The van der Waals surface area contributed by atoms with Crippen molar-refractivity contribution in [3.8, 4) is 11.1 Å². The largest absolute Gasteiger partial charge is 0.214 e. The molecule has 0 fully saturated rings. The van der Waals surface area contributed by atoms with Crippen molar-refractivity contribution in [3.63, 3.8) is 0 Å². The molecule has 3 aliphatic rings. The minimum atomic E-state index is -0.623. The molecule has 0 heterocycles. The SMILES string of the molecule is CC(C)(C)C1=[C-]C(C)(C)c2cc3c(cc21)-c1cc2c(cc1C3)C(C)(C)C=C2C(C)(C)C.Cl.Cl.Clc1ccc([CH]=[Zr]=[CH]c2ccc(Cl)cc2)cc1.c1cc[cH-]c1. The van der Waals surface area contributed by atoms with Crippen LogP contribution in [0, 0.1) is 16.9 Å². The second kappa shape index (κ2) is 17.5. The Morgan fingerprint density at radius 2 is 1.11 bits per heavy atom. The molecule has 0 atom stereocenters. The molecule has 0 amide bonds. The molecule has 5 aromatic carbocycles. The molecule has 0 aliphatic heterocycles. The molecule has 288 valence electrons. The van der Waals surface area contributed by atoms with Gasteiger partial charge in [0.15, 0.2) is 0 Å². The molecule has 5 heteroatoms. The van der Waals surface area contributed by atoms with Crippen LogP contribution in [0.3, 0.4) is 0 Å². The van der Waals surface area contributed by atoms with Crippen LogP contribution in [0.1, 0.15) is 114 Å². The second-order valence-corrected chi connectivity index (χ2v) is 20.8. The van der Waals surface area contributed by atoms with E-state index in [0.29, 0.717) is 0 Å². The molecule has 0 bridgehead atoms. The van der Waals surface area contributed by atoms with E-state index in [0.717, 1.165) is 16.5 Å². The van der Waals surface area contributed by atoms with E-state index in [1.807, 2.05) is 54.6 Å². The Hall–Kier alpha value is -2.51. The molecule has 8 rings (SSSR count). The van der Waals surface area contributed by atoms with E-state index in [9.17, 15) is 0 Å². The Morgan fingerprint density at radius 1 is 0.636 bits per heavy atom. The van der Waals surface area contributed by atoms with Gasteiger partial charge < -0.3 is 0 Å². The Bertz CT molecular complexity index is 2080. The molecule has 5 aromatic rings. The third-order valence-electron chi connectivity index (χ3n) is 10.4. The summed E-state index contributed by atoms with van der Waals surface area (Å²) in [6.07, 6.45) is 7.41. The van der Waals surface area contributed by atoms with E-state index in [2.05, 4.69) is 137 Å². The predicted molar refractivity (Wildman–Crippen MR) is 244 cm³/mol. The molecule has 0 N–H and O–H groups in total. The van der Waals surface area contributed by atoms with Gasteiger partial charge >= 0.3 is 123 Å². The summed E-state index contributed by atoms with van der Waals surface area (Å²) >= 11 is 11.0. The van der Waals surface area contributed by atoms with Gasteiger partial charge in [0.05, 0.1) is 0 Å². The van der Waals surface area contributed by atoms with Crippen LogP contribution in [0.2, 0.25) is 10.0 Å². The van der Waals surface area contributed by atoms with Crippen molar-refractivity contribution in [2.75, 3.05) is 0 Å². The van der Waals surface area contributed by atoms with Gasteiger partial charge in [-0.15, -0.1) is 36.4 Å². The molecule has 0 unspecified atom stereocenters. The smallest absolute Gasteiger partial charge is 0.172 e. The van der Waals surface area contributed by atoms with Crippen LogP contribution in [0.4, 0.5) is 0 Å². The Labute approximate surface area is 364 Å². The first-order chi connectivity index (χ1) is 24.8. The van der Waals surface area contributed by atoms with Crippen LogP contribution in [0.5, 0.6) is 0 Å². The average molecular weight is 888 g/mol. The minimum absolute atomic E-state index is 0. The number of rotatable bonds is 2. The summed E-state index contributed by atoms with van der Waals surface area (Å²) in [4.78, 5) is 0. The number of fused-ring (bicyclic) bond motifs is 5. The molecule has 3 aliphatic carbocycles. The average Bonchev–Trinajstić information content (AvgIpc) is 3.87. The van der Waals surface area contributed by atoms with Gasteiger partial charge in [-0.2, -0.15) is 23.8 Å². The van der Waals surface area contributed by atoms with E-state index in [-0.39, 0.29) is 46.5 Å². The monoisotopic (exact) mass is 884 g/mol. The van der Waals surface area contributed by atoms with E-state index in [4.69, 9.17) is 23.2 Å². The van der Waals surface area contributed by atoms with Gasteiger partial charge in [-0.25, -0.2) is 17.7 Å². The second-order valence-electron chi connectivity index (χ2n) is 17.7. The molecule has 0 nitrogen and oxygen atoms in total. The summed E-state index contributed by atoms with van der Waals surface area (Å²) in [7, 11) is 0. The Morgan fingerprint density at radius 3 is 1.55 bits per heavy atom.